The van der Waals surface area contributed by atoms with Gasteiger partial charge in [0.05, 0.1) is 0 Å². The Bertz CT molecular complexity index is 372. The van der Waals surface area contributed by atoms with E-state index < -0.39 is 0 Å². The highest BCUT2D eigenvalue weighted by Gasteiger charge is 2.11. The highest BCUT2D eigenvalue weighted by Crippen LogP contribution is 2.20. The molecule has 1 heterocycles. The maximum absolute atomic E-state index is 4.76. The zero-order valence-electron chi connectivity index (χ0n) is 12.6. The van der Waals surface area contributed by atoms with E-state index in [-0.39, 0.29) is 0 Å². The minimum Gasteiger partial charge on any atom is -0.357 e. The molecule has 0 fully saturated rings. The SMILES string of the molecule is CCNCc1cc(C(C)C)nc(N(C)C(C)C)c1. The molecule has 0 unspecified atom stereocenters. The molecule has 0 saturated carbocycles. The third-order valence-electron chi connectivity index (χ3n) is 3.20. The van der Waals surface area contributed by atoms with Crippen molar-refractivity contribution in [3.8, 4) is 0 Å². The van der Waals surface area contributed by atoms with Crippen molar-refractivity contribution >= 4 is 5.82 Å². The molecular formula is C15H27N3. The highest BCUT2D eigenvalue weighted by atomic mass is 15.2. The van der Waals surface area contributed by atoms with E-state index in [4.69, 9.17) is 4.98 Å². The lowest BCUT2D eigenvalue weighted by Gasteiger charge is -2.24. The monoisotopic (exact) mass is 249 g/mol. The fourth-order valence-electron chi connectivity index (χ4n) is 1.71. The predicted molar refractivity (Wildman–Crippen MR) is 79.2 cm³/mol. The predicted octanol–water partition coefficient (Wildman–Crippen LogP) is 3.16. The summed E-state index contributed by atoms with van der Waals surface area (Å²) in [5, 5.41) is 3.38. The van der Waals surface area contributed by atoms with E-state index in [1.807, 2.05) is 0 Å². The lowest BCUT2D eigenvalue weighted by Crippen LogP contribution is -2.27. The van der Waals surface area contributed by atoms with Crippen LogP contribution in [-0.2, 0) is 6.54 Å². The summed E-state index contributed by atoms with van der Waals surface area (Å²) in [6.45, 7) is 12.8. The molecule has 0 aromatic carbocycles. The van der Waals surface area contributed by atoms with Gasteiger partial charge in [-0.3, -0.25) is 0 Å². The van der Waals surface area contributed by atoms with E-state index in [0.29, 0.717) is 12.0 Å². The molecule has 0 atom stereocenters. The van der Waals surface area contributed by atoms with Crippen molar-refractivity contribution in [2.24, 2.45) is 0 Å². The summed E-state index contributed by atoms with van der Waals surface area (Å²) in [6, 6.07) is 4.87. The zero-order chi connectivity index (χ0) is 13.7. The average Bonchev–Trinajstić information content (AvgIpc) is 2.34. The molecule has 0 aliphatic heterocycles. The molecule has 0 radical (unpaired) electrons. The van der Waals surface area contributed by atoms with Crippen LogP contribution in [0.2, 0.25) is 0 Å². The van der Waals surface area contributed by atoms with Crippen LogP contribution in [0.4, 0.5) is 5.82 Å². The van der Waals surface area contributed by atoms with E-state index in [2.05, 4.69) is 64.0 Å². The van der Waals surface area contributed by atoms with Crippen LogP contribution in [0, 0.1) is 0 Å². The van der Waals surface area contributed by atoms with E-state index >= 15 is 0 Å². The minimum absolute atomic E-state index is 0.464. The minimum atomic E-state index is 0.464. The van der Waals surface area contributed by atoms with Gasteiger partial charge in [0.15, 0.2) is 0 Å². The van der Waals surface area contributed by atoms with Crippen LogP contribution in [0.5, 0.6) is 0 Å². The summed E-state index contributed by atoms with van der Waals surface area (Å²) < 4.78 is 0. The maximum atomic E-state index is 4.76. The highest BCUT2D eigenvalue weighted by molar-refractivity contribution is 5.43. The molecule has 0 aliphatic carbocycles. The van der Waals surface area contributed by atoms with Gasteiger partial charge < -0.3 is 10.2 Å². The van der Waals surface area contributed by atoms with Crippen molar-refractivity contribution in [3.05, 3.63) is 23.4 Å². The van der Waals surface area contributed by atoms with Gasteiger partial charge in [-0.1, -0.05) is 20.8 Å². The van der Waals surface area contributed by atoms with Gasteiger partial charge in [0.1, 0.15) is 5.82 Å². The van der Waals surface area contributed by atoms with Crippen molar-refractivity contribution in [2.45, 2.75) is 53.1 Å². The third-order valence-corrected chi connectivity index (χ3v) is 3.20. The van der Waals surface area contributed by atoms with Crippen molar-refractivity contribution in [1.29, 1.82) is 0 Å². The second kappa shape index (κ2) is 6.74. The fourth-order valence-corrected chi connectivity index (χ4v) is 1.71. The van der Waals surface area contributed by atoms with Gasteiger partial charge in [-0.05, 0) is 44.0 Å². The molecule has 1 N–H and O–H groups in total. The van der Waals surface area contributed by atoms with E-state index in [0.717, 1.165) is 18.9 Å². The Morgan fingerprint density at radius 2 is 1.89 bits per heavy atom. The van der Waals surface area contributed by atoms with Gasteiger partial charge in [-0.25, -0.2) is 4.98 Å². The van der Waals surface area contributed by atoms with Gasteiger partial charge >= 0.3 is 0 Å². The molecule has 0 spiro atoms. The molecular weight excluding hydrogens is 222 g/mol. The number of pyridine rings is 1. The Balaban J connectivity index is 3.05. The molecule has 18 heavy (non-hydrogen) atoms. The third kappa shape index (κ3) is 3.98. The Hall–Kier alpha value is -1.09. The first-order valence-electron chi connectivity index (χ1n) is 6.90. The lowest BCUT2D eigenvalue weighted by molar-refractivity contribution is 0.708. The Morgan fingerprint density at radius 1 is 1.22 bits per heavy atom. The van der Waals surface area contributed by atoms with Gasteiger partial charge in [0, 0.05) is 25.3 Å². The van der Waals surface area contributed by atoms with Gasteiger partial charge in [0.25, 0.3) is 0 Å². The van der Waals surface area contributed by atoms with Crippen LogP contribution in [0.25, 0.3) is 0 Å². The van der Waals surface area contributed by atoms with Crippen LogP contribution in [-0.4, -0.2) is 24.6 Å². The number of nitrogens with one attached hydrogen (secondary N) is 1. The van der Waals surface area contributed by atoms with E-state index in [1.54, 1.807) is 0 Å². The summed E-state index contributed by atoms with van der Waals surface area (Å²) in [7, 11) is 2.11. The van der Waals surface area contributed by atoms with Crippen molar-refractivity contribution in [2.75, 3.05) is 18.5 Å². The Labute approximate surface area is 112 Å². The Morgan fingerprint density at radius 3 is 2.39 bits per heavy atom. The van der Waals surface area contributed by atoms with Gasteiger partial charge in [-0.2, -0.15) is 0 Å². The first-order chi connectivity index (χ1) is 8.45. The average molecular weight is 249 g/mol. The number of hydrogen-bond donors (Lipinski definition) is 1. The van der Waals surface area contributed by atoms with Crippen molar-refractivity contribution in [1.82, 2.24) is 10.3 Å². The van der Waals surface area contributed by atoms with Gasteiger partial charge in [-0.15, -0.1) is 0 Å². The summed E-state index contributed by atoms with van der Waals surface area (Å²) in [4.78, 5) is 6.98. The summed E-state index contributed by atoms with van der Waals surface area (Å²) in [5.41, 5.74) is 2.49. The quantitative estimate of drug-likeness (QED) is 0.839. The number of rotatable bonds is 6. The van der Waals surface area contributed by atoms with Crippen LogP contribution in [0.15, 0.2) is 12.1 Å². The molecule has 0 saturated heterocycles. The van der Waals surface area contributed by atoms with Crippen LogP contribution >= 0.6 is 0 Å². The number of nitrogens with zero attached hydrogens (tertiary/aromatic N) is 2. The molecule has 1 aromatic heterocycles. The second-order valence-corrected chi connectivity index (χ2v) is 5.40. The van der Waals surface area contributed by atoms with Crippen LogP contribution in [0.3, 0.4) is 0 Å². The van der Waals surface area contributed by atoms with Gasteiger partial charge in [0.2, 0.25) is 0 Å². The molecule has 0 bridgehead atoms. The van der Waals surface area contributed by atoms with Crippen LogP contribution in [0.1, 0.15) is 51.8 Å². The molecule has 0 aliphatic rings. The largest absolute Gasteiger partial charge is 0.357 e. The molecule has 3 heteroatoms. The topological polar surface area (TPSA) is 28.2 Å². The van der Waals surface area contributed by atoms with Crippen molar-refractivity contribution < 1.29 is 0 Å². The number of aromatic nitrogens is 1. The summed E-state index contributed by atoms with van der Waals surface area (Å²) >= 11 is 0. The summed E-state index contributed by atoms with van der Waals surface area (Å²) in [5.74, 6) is 1.54. The van der Waals surface area contributed by atoms with E-state index in [9.17, 15) is 0 Å². The first-order valence-corrected chi connectivity index (χ1v) is 6.90. The van der Waals surface area contributed by atoms with E-state index in [1.165, 1.54) is 11.3 Å². The number of hydrogen-bond acceptors (Lipinski definition) is 3. The second-order valence-electron chi connectivity index (χ2n) is 5.40. The smallest absolute Gasteiger partial charge is 0.129 e. The fraction of sp³-hybridized carbons (Fsp3) is 0.667. The molecule has 1 aromatic rings. The summed E-state index contributed by atoms with van der Waals surface area (Å²) in [6.07, 6.45) is 0. The maximum Gasteiger partial charge on any atom is 0.129 e. The zero-order valence-corrected chi connectivity index (χ0v) is 12.6. The molecule has 0 amide bonds. The normalized spacial score (nSPS) is 11.3. The van der Waals surface area contributed by atoms with Crippen LogP contribution < -0.4 is 10.2 Å². The first kappa shape index (κ1) is 15.0. The Kier molecular flexibility index (Phi) is 5.60. The molecule has 3 nitrogen and oxygen atoms in total. The number of anilines is 1. The molecule has 102 valence electrons. The molecule has 1 rings (SSSR count). The lowest BCUT2D eigenvalue weighted by atomic mass is 10.1. The standard InChI is InChI=1S/C15H27N3/c1-7-16-10-13-8-14(11(2)3)17-15(9-13)18(6)12(4)5/h8-9,11-12,16H,7,10H2,1-6H3. The van der Waals surface area contributed by atoms with Crippen molar-refractivity contribution in [3.63, 3.8) is 0 Å².